The van der Waals surface area contributed by atoms with Gasteiger partial charge in [-0.3, -0.25) is 4.79 Å². The van der Waals surface area contributed by atoms with Crippen LogP contribution in [-0.4, -0.2) is 37.0 Å². The monoisotopic (exact) mass is 426 g/mol. The number of carbonyl (C=O) groups is 1. The minimum atomic E-state index is -0.825. The smallest absolute Gasteiger partial charge is 0.232 e. The summed E-state index contributed by atoms with van der Waals surface area (Å²) in [6, 6.07) is 26.6. The zero-order valence-electron chi connectivity index (χ0n) is 18.4. The van der Waals surface area contributed by atoms with Crippen LogP contribution in [0.5, 0.6) is 5.75 Å². The first-order valence-electron chi connectivity index (χ1n) is 11.6. The fraction of sp³-hybridized carbons (Fsp3) is 0.321. The average Bonchev–Trinajstić information content (AvgIpc) is 3.50. The molecule has 0 saturated carbocycles. The van der Waals surface area contributed by atoms with Crippen molar-refractivity contribution in [3.63, 3.8) is 0 Å². The predicted molar refractivity (Wildman–Crippen MR) is 127 cm³/mol. The lowest BCUT2D eigenvalue weighted by molar-refractivity contribution is -0.123. The lowest BCUT2D eigenvalue weighted by Crippen LogP contribution is -2.49. The normalized spacial score (nSPS) is 18.3. The van der Waals surface area contributed by atoms with Crippen molar-refractivity contribution in [1.29, 1.82) is 0 Å². The van der Waals surface area contributed by atoms with Crippen LogP contribution in [0.4, 0.5) is 0 Å². The van der Waals surface area contributed by atoms with Crippen LogP contribution in [-0.2, 0) is 23.1 Å². The third kappa shape index (κ3) is 3.59. The first-order valence-corrected chi connectivity index (χ1v) is 11.6. The van der Waals surface area contributed by atoms with Gasteiger partial charge in [-0.15, -0.1) is 0 Å². The molecule has 1 atom stereocenters. The Balaban J connectivity index is 1.41. The minimum Gasteiger partial charge on any atom is -0.493 e. The van der Waals surface area contributed by atoms with E-state index in [1.165, 1.54) is 11.1 Å². The van der Waals surface area contributed by atoms with Crippen molar-refractivity contribution < 1.29 is 9.53 Å². The molecule has 1 amide bonds. The average molecular weight is 427 g/mol. The quantitative estimate of drug-likeness (QED) is 0.622. The van der Waals surface area contributed by atoms with Crippen LogP contribution in [0.2, 0.25) is 0 Å². The number of rotatable bonds is 7. The molecule has 0 spiro atoms. The lowest BCUT2D eigenvalue weighted by atomic mass is 9.64. The molecule has 0 aromatic heterocycles. The van der Waals surface area contributed by atoms with E-state index < -0.39 is 5.41 Å². The van der Waals surface area contributed by atoms with Crippen molar-refractivity contribution in [3.05, 3.63) is 101 Å². The molecule has 2 aliphatic heterocycles. The second-order valence-corrected chi connectivity index (χ2v) is 8.94. The number of carbonyl (C=O) groups excluding carboxylic acids is 1. The van der Waals surface area contributed by atoms with Crippen LogP contribution < -0.4 is 10.5 Å². The Morgan fingerprint density at radius 3 is 2.31 bits per heavy atom. The number of likely N-dealkylation sites (tertiary alicyclic amines) is 1. The third-order valence-electron chi connectivity index (χ3n) is 7.22. The molecular formula is C28H30N2O2. The van der Waals surface area contributed by atoms with Crippen LogP contribution in [0.1, 0.15) is 28.7 Å². The summed E-state index contributed by atoms with van der Waals surface area (Å²) >= 11 is 0. The number of hydrogen-bond donors (Lipinski definition) is 1. The van der Waals surface area contributed by atoms with Crippen molar-refractivity contribution in [2.45, 2.75) is 24.7 Å². The third-order valence-corrected chi connectivity index (χ3v) is 7.22. The number of ether oxygens (including phenoxy) is 1. The SMILES string of the molecule is NC(=O)C(c1ccccc1)(c1ccccc1)[C@@H]1CCN(CCc2cccc3c2OCC3)C1. The Kier molecular flexibility index (Phi) is 5.71. The van der Waals surface area contributed by atoms with Crippen molar-refractivity contribution in [1.82, 2.24) is 4.90 Å². The maximum Gasteiger partial charge on any atom is 0.232 e. The maximum absolute atomic E-state index is 13.2. The summed E-state index contributed by atoms with van der Waals surface area (Å²) in [6.07, 6.45) is 2.90. The number of hydrogen-bond acceptors (Lipinski definition) is 3. The van der Waals surface area contributed by atoms with E-state index in [4.69, 9.17) is 10.5 Å². The van der Waals surface area contributed by atoms with Gasteiger partial charge in [-0.1, -0.05) is 78.9 Å². The van der Waals surface area contributed by atoms with Crippen LogP contribution >= 0.6 is 0 Å². The van der Waals surface area contributed by atoms with Gasteiger partial charge in [0.15, 0.2) is 0 Å². The number of primary amides is 1. The summed E-state index contributed by atoms with van der Waals surface area (Å²) in [5.41, 5.74) is 9.97. The van der Waals surface area contributed by atoms with Gasteiger partial charge in [0.25, 0.3) is 0 Å². The van der Waals surface area contributed by atoms with Gasteiger partial charge in [0.05, 0.1) is 6.61 Å². The van der Waals surface area contributed by atoms with Gasteiger partial charge in [0.2, 0.25) is 5.91 Å². The van der Waals surface area contributed by atoms with Crippen molar-refractivity contribution in [2.24, 2.45) is 11.7 Å². The Morgan fingerprint density at radius 2 is 1.66 bits per heavy atom. The standard InChI is InChI=1S/C28H30N2O2/c29-27(31)28(23-10-3-1-4-11-23,24-12-5-2-6-13-24)25-15-18-30(20-25)17-14-21-8-7-9-22-16-19-32-26(21)22/h1-13,25H,14-20H2,(H2,29,31)/t25-/m1/s1. The molecule has 4 heteroatoms. The molecule has 2 heterocycles. The van der Waals surface area contributed by atoms with Gasteiger partial charge in [-0.05, 0) is 47.6 Å². The predicted octanol–water partition coefficient (Wildman–Crippen LogP) is 3.96. The molecule has 0 aliphatic carbocycles. The molecule has 0 radical (unpaired) electrons. The molecule has 4 nitrogen and oxygen atoms in total. The van der Waals surface area contributed by atoms with Crippen LogP contribution in [0, 0.1) is 5.92 Å². The highest BCUT2D eigenvalue weighted by Crippen LogP contribution is 2.43. The summed E-state index contributed by atoms with van der Waals surface area (Å²) in [4.78, 5) is 15.7. The van der Waals surface area contributed by atoms with E-state index >= 15 is 0 Å². The highest BCUT2D eigenvalue weighted by molar-refractivity contribution is 5.91. The summed E-state index contributed by atoms with van der Waals surface area (Å²) < 4.78 is 5.89. The molecule has 0 unspecified atom stereocenters. The molecule has 1 fully saturated rings. The van der Waals surface area contributed by atoms with Gasteiger partial charge in [0.1, 0.15) is 11.2 Å². The van der Waals surface area contributed by atoms with Gasteiger partial charge in [-0.2, -0.15) is 0 Å². The minimum absolute atomic E-state index is 0.127. The lowest BCUT2D eigenvalue weighted by Gasteiger charge is -2.37. The van der Waals surface area contributed by atoms with E-state index in [0.717, 1.165) is 62.4 Å². The second-order valence-electron chi connectivity index (χ2n) is 8.94. The molecule has 32 heavy (non-hydrogen) atoms. The largest absolute Gasteiger partial charge is 0.493 e. The zero-order chi connectivity index (χ0) is 22.0. The fourth-order valence-electron chi connectivity index (χ4n) is 5.67. The Labute approximate surface area is 190 Å². The van der Waals surface area contributed by atoms with Crippen LogP contribution in [0.15, 0.2) is 78.9 Å². The topological polar surface area (TPSA) is 55.6 Å². The fourth-order valence-corrected chi connectivity index (χ4v) is 5.67. The van der Waals surface area contributed by atoms with Crippen LogP contribution in [0.25, 0.3) is 0 Å². The number of nitrogens with zero attached hydrogens (tertiary/aromatic N) is 1. The molecule has 3 aromatic rings. The second kappa shape index (κ2) is 8.79. The van der Waals surface area contributed by atoms with Crippen molar-refractivity contribution in [2.75, 3.05) is 26.2 Å². The maximum atomic E-state index is 13.2. The van der Waals surface area contributed by atoms with Crippen molar-refractivity contribution >= 4 is 5.91 Å². The molecule has 0 bridgehead atoms. The van der Waals surface area contributed by atoms with E-state index in [0.29, 0.717) is 0 Å². The van der Waals surface area contributed by atoms with E-state index in [1.807, 2.05) is 60.7 Å². The highest BCUT2D eigenvalue weighted by atomic mass is 16.5. The number of fused-ring (bicyclic) bond motifs is 1. The van der Waals surface area contributed by atoms with Gasteiger partial charge < -0.3 is 15.4 Å². The van der Waals surface area contributed by atoms with E-state index in [-0.39, 0.29) is 11.8 Å². The summed E-state index contributed by atoms with van der Waals surface area (Å²) in [7, 11) is 0. The Bertz CT molecular complexity index is 1040. The molecule has 3 aromatic carbocycles. The highest BCUT2D eigenvalue weighted by Gasteiger charge is 2.49. The molecule has 5 rings (SSSR count). The first kappa shape index (κ1) is 20.8. The number of nitrogens with two attached hydrogens (primary N) is 1. The van der Waals surface area contributed by atoms with Crippen LogP contribution in [0.3, 0.4) is 0 Å². The van der Waals surface area contributed by atoms with Crippen molar-refractivity contribution in [3.8, 4) is 5.75 Å². The van der Waals surface area contributed by atoms with Gasteiger partial charge >= 0.3 is 0 Å². The Hall–Kier alpha value is -3.11. The number of amides is 1. The van der Waals surface area contributed by atoms with E-state index in [1.54, 1.807) is 0 Å². The molecule has 2 N–H and O–H groups in total. The van der Waals surface area contributed by atoms with Gasteiger partial charge in [-0.25, -0.2) is 0 Å². The molecular weight excluding hydrogens is 396 g/mol. The number of para-hydroxylation sites is 1. The van der Waals surface area contributed by atoms with E-state index in [2.05, 4.69) is 23.1 Å². The first-order chi connectivity index (χ1) is 15.7. The van der Waals surface area contributed by atoms with Gasteiger partial charge in [0, 0.05) is 19.5 Å². The van der Waals surface area contributed by atoms with E-state index in [9.17, 15) is 4.79 Å². The number of benzene rings is 3. The molecule has 164 valence electrons. The molecule has 1 saturated heterocycles. The summed E-state index contributed by atoms with van der Waals surface area (Å²) in [6.45, 7) is 3.56. The zero-order valence-corrected chi connectivity index (χ0v) is 18.4. The summed E-state index contributed by atoms with van der Waals surface area (Å²) in [5, 5.41) is 0. The summed E-state index contributed by atoms with van der Waals surface area (Å²) in [5.74, 6) is 0.946. The molecule has 2 aliphatic rings. The Morgan fingerprint density at radius 1 is 0.969 bits per heavy atom.